The first-order chi connectivity index (χ1) is 3.81. The van der Waals surface area contributed by atoms with Gasteiger partial charge in [0.25, 0.3) is 0 Å². The summed E-state index contributed by atoms with van der Waals surface area (Å²) in [6.45, 7) is 4.61. The molecule has 0 aliphatic heterocycles. The Morgan fingerprint density at radius 2 is 2.38 bits per heavy atom. The van der Waals surface area contributed by atoms with Crippen molar-refractivity contribution in [1.29, 1.82) is 0 Å². The van der Waals surface area contributed by atoms with Gasteiger partial charge in [-0.05, 0) is 13.8 Å². The van der Waals surface area contributed by atoms with Crippen molar-refractivity contribution in [2.75, 3.05) is 6.54 Å². The molecule has 0 aromatic rings. The van der Waals surface area contributed by atoms with Crippen molar-refractivity contribution in [3.63, 3.8) is 0 Å². The molecule has 0 rings (SSSR count). The normalized spacial score (nSPS) is 11.0. The van der Waals surface area contributed by atoms with Crippen molar-refractivity contribution in [1.82, 2.24) is 5.32 Å². The lowest BCUT2D eigenvalue weighted by Gasteiger charge is -1.90. The van der Waals surface area contributed by atoms with E-state index in [0.717, 1.165) is 18.4 Å². The van der Waals surface area contributed by atoms with Gasteiger partial charge in [-0.1, -0.05) is 0 Å². The zero-order valence-corrected chi connectivity index (χ0v) is 5.27. The Morgan fingerprint density at radius 3 is 2.75 bits per heavy atom. The minimum Gasteiger partial charge on any atom is -0.391 e. The van der Waals surface area contributed by atoms with Gasteiger partial charge in [0, 0.05) is 18.3 Å². The molecule has 0 saturated carbocycles. The first kappa shape index (κ1) is 7.21. The highest BCUT2D eigenvalue weighted by Crippen LogP contribution is 1.79. The first-order valence-electron chi connectivity index (χ1n) is 2.66. The molecule has 0 unspecified atom stereocenters. The second-order valence-corrected chi connectivity index (χ2v) is 1.56. The molecule has 0 amide bonds. The molecule has 2 nitrogen and oxygen atoms in total. The van der Waals surface area contributed by atoms with E-state index in [4.69, 9.17) is 0 Å². The number of carbonyl (C=O) groups excluding carboxylic acids is 1. The van der Waals surface area contributed by atoms with E-state index in [0.29, 0.717) is 0 Å². The quantitative estimate of drug-likeness (QED) is 0.431. The van der Waals surface area contributed by atoms with Gasteiger partial charge in [0.05, 0.1) is 0 Å². The molecule has 0 spiro atoms. The summed E-state index contributed by atoms with van der Waals surface area (Å²) in [5.41, 5.74) is 0.729. The van der Waals surface area contributed by atoms with E-state index in [2.05, 4.69) is 5.32 Å². The number of hydrogen-bond donors (Lipinski definition) is 1. The lowest BCUT2D eigenvalue weighted by atomic mass is 10.4. The third-order valence-corrected chi connectivity index (χ3v) is 0.720. The van der Waals surface area contributed by atoms with Crippen LogP contribution in [0.5, 0.6) is 0 Å². The highest BCUT2D eigenvalue weighted by Gasteiger charge is 1.78. The van der Waals surface area contributed by atoms with Crippen molar-refractivity contribution in [2.45, 2.75) is 13.8 Å². The largest absolute Gasteiger partial charge is 0.391 e. The van der Waals surface area contributed by atoms with Gasteiger partial charge < -0.3 is 5.32 Å². The summed E-state index contributed by atoms with van der Waals surface area (Å²) < 4.78 is 0. The van der Waals surface area contributed by atoms with Gasteiger partial charge in [-0.25, -0.2) is 0 Å². The molecule has 0 aromatic heterocycles. The van der Waals surface area contributed by atoms with Gasteiger partial charge in [-0.3, -0.25) is 4.79 Å². The molecule has 0 aliphatic rings. The molecule has 0 saturated heterocycles. The zero-order valence-electron chi connectivity index (χ0n) is 5.27. The molecule has 1 N–H and O–H groups in total. The van der Waals surface area contributed by atoms with Crippen LogP contribution in [0.15, 0.2) is 11.8 Å². The maximum absolute atomic E-state index is 9.90. The third-order valence-electron chi connectivity index (χ3n) is 0.720. The molecular weight excluding hydrogens is 102 g/mol. The number of nitrogens with one attached hydrogen (secondary N) is 1. The molecule has 0 bridgehead atoms. The average Bonchev–Trinajstić information content (AvgIpc) is 1.83. The van der Waals surface area contributed by atoms with Crippen molar-refractivity contribution in [3.05, 3.63) is 11.8 Å². The van der Waals surface area contributed by atoms with E-state index in [1.165, 1.54) is 0 Å². The second kappa shape index (κ2) is 4.37. The van der Waals surface area contributed by atoms with Crippen LogP contribution in [0.2, 0.25) is 0 Å². The Bertz CT molecular complexity index is 96.7. The number of hydrogen-bond acceptors (Lipinski definition) is 2. The van der Waals surface area contributed by atoms with Crippen LogP contribution in [0.1, 0.15) is 13.8 Å². The summed E-state index contributed by atoms with van der Waals surface area (Å²) >= 11 is 0. The van der Waals surface area contributed by atoms with Crippen LogP contribution < -0.4 is 5.32 Å². The van der Waals surface area contributed by atoms with Crippen molar-refractivity contribution in [2.24, 2.45) is 0 Å². The molecule has 0 aliphatic carbocycles. The van der Waals surface area contributed by atoms with Crippen LogP contribution in [0, 0.1) is 0 Å². The van der Waals surface area contributed by atoms with Crippen molar-refractivity contribution in [3.8, 4) is 0 Å². The van der Waals surface area contributed by atoms with Crippen molar-refractivity contribution >= 4 is 6.29 Å². The average molecular weight is 113 g/mol. The van der Waals surface area contributed by atoms with Gasteiger partial charge in [-0.2, -0.15) is 0 Å². The van der Waals surface area contributed by atoms with Crippen molar-refractivity contribution < 1.29 is 4.79 Å². The molecule has 46 valence electrons. The zero-order chi connectivity index (χ0) is 6.41. The standard InChI is InChI=1S/C6H11NO/c1-3-7-4-6(2)5-8/h4-5,7H,3H2,1-2H3/b6-4+. The second-order valence-electron chi connectivity index (χ2n) is 1.56. The highest BCUT2D eigenvalue weighted by atomic mass is 16.1. The molecule has 8 heavy (non-hydrogen) atoms. The lowest BCUT2D eigenvalue weighted by Crippen LogP contribution is -2.03. The summed E-state index contributed by atoms with van der Waals surface area (Å²) in [6.07, 6.45) is 2.52. The smallest absolute Gasteiger partial charge is 0.147 e. The van der Waals surface area contributed by atoms with Gasteiger partial charge >= 0.3 is 0 Å². The molecule has 0 fully saturated rings. The monoisotopic (exact) mass is 113 g/mol. The Hall–Kier alpha value is -0.790. The SMILES string of the molecule is CCN/C=C(\C)C=O. The number of allylic oxidation sites excluding steroid dienone is 1. The van der Waals surface area contributed by atoms with E-state index in [1.54, 1.807) is 13.1 Å². The van der Waals surface area contributed by atoms with E-state index < -0.39 is 0 Å². The minimum atomic E-state index is 0.729. The van der Waals surface area contributed by atoms with Gasteiger partial charge in [-0.15, -0.1) is 0 Å². The summed E-state index contributed by atoms with van der Waals surface area (Å²) in [6, 6.07) is 0. The maximum atomic E-state index is 9.90. The van der Waals surface area contributed by atoms with Gasteiger partial charge in [0.15, 0.2) is 0 Å². The predicted molar refractivity (Wildman–Crippen MR) is 33.5 cm³/mol. The fourth-order valence-corrected chi connectivity index (χ4v) is 0.297. The molecule has 0 atom stereocenters. The van der Waals surface area contributed by atoms with E-state index >= 15 is 0 Å². The topological polar surface area (TPSA) is 29.1 Å². The first-order valence-corrected chi connectivity index (χ1v) is 2.66. The number of carbonyl (C=O) groups is 1. The van der Waals surface area contributed by atoms with Crippen LogP contribution >= 0.6 is 0 Å². The number of aldehydes is 1. The maximum Gasteiger partial charge on any atom is 0.147 e. The predicted octanol–water partition coefficient (Wildman–Crippen LogP) is 0.699. The Kier molecular flexibility index (Phi) is 3.94. The fourth-order valence-electron chi connectivity index (χ4n) is 0.297. The third kappa shape index (κ3) is 3.40. The fraction of sp³-hybridized carbons (Fsp3) is 0.500. The molecular formula is C6H11NO. The van der Waals surface area contributed by atoms with Crippen LogP contribution in [0.3, 0.4) is 0 Å². The summed E-state index contributed by atoms with van der Waals surface area (Å²) in [4.78, 5) is 9.90. The highest BCUT2D eigenvalue weighted by molar-refractivity contribution is 5.71. The minimum absolute atomic E-state index is 0.729. The number of rotatable bonds is 3. The molecule has 2 heteroatoms. The summed E-state index contributed by atoms with van der Waals surface area (Å²) in [7, 11) is 0. The van der Waals surface area contributed by atoms with Crippen LogP contribution in [0.25, 0.3) is 0 Å². The Morgan fingerprint density at radius 1 is 1.75 bits per heavy atom. The molecule has 0 heterocycles. The van der Waals surface area contributed by atoms with E-state index in [1.807, 2.05) is 6.92 Å². The van der Waals surface area contributed by atoms with Gasteiger partial charge in [0.2, 0.25) is 0 Å². The molecule has 0 aromatic carbocycles. The van der Waals surface area contributed by atoms with Crippen LogP contribution in [-0.2, 0) is 4.79 Å². The van der Waals surface area contributed by atoms with E-state index in [-0.39, 0.29) is 0 Å². The summed E-state index contributed by atoms with van der Waals surface area (Å²) in [5.74, 6) is 0. The summed E-state index contributed by atoms with van der Waals surface area (Å²) in [5, 5.41) is 2.91. The van der Waals surface area contributed by atoms with Crippen LogP contribution in [-0.4, -0.2) is 12.8 Å². The van der Waals surface area contributed by atoms with E-state index in [9.17, 15) is 4.79 Å². The van der Waals surface area contributed by atoms with Crippen LogP contribution in [0.4, 0.5) is 0 Å². The Balaban J connectivity index is 3.40. The Labute approximate surface area is 49.6 Å². The molecule has 0 radical (unpaired) electrons. The lowest BCUT2D eigenvalue weighted by molar-refractivity contribution is -0.104. The van der Waals surface area contributed by atoms with Gasteiger partial charge in [0.1, 0.15) is 6.29 Å².